The summed E-state index contributed by atoms with van der Waals surface area (Å²) in [5, 5.41) is 5.08. The van der Waals surface area contributed by atoms with E-state index < -0.39 is 20.7 Å². The van der Waals surface area contributed by atoms with Crippen molar-refractivity contribution in [3.05, 3.63) is 63.3 Å². The quantitative estimate of drug-likeness (QED) is 0.212. The number of rotatable bonds is 12. The Kier molecular flexibility index (Phi) is 9.92. The number of aryl methyl sites for hydroxylation is 1. The zero-order valence-electron chi connectivity index (χ0n) is 19.4. The number of nitrogens with zero attached hydrogens (tertiary/aromatic N) is 1. The van der Waals surface area contributed by atoms with Crippen molar-refractivity contribution in [1.29, 1.82) is 0 Å². The fraction of sp³-hybridized carbons (Fsp3) is 0.304. The van der Waals surface area contributed by atoms with E-state index in [1.54, 1.807) is 37.4 Å². The molecule has 13 heteroatoms. The number of benzene rings is 2. The molecule has 0 aliphatic heterocycles. The summed E-state index contributed by atoms with van der Waals surface area (Å²) in [6.07, 6.45) is 2.42. The van der Waals surface area contributed by atoms with Crippen molar-refractivity contribution in [3.63, 3.8) is 0 Å². The molecule has 0 amide bonds. The average Bonchev–Trinajstić information content (AvgIpc) is 3.29. The molecule has 0 aliphatic carbocycles. The van der Waals surface area contributed by atoms with Crippen LogP contribution in [0.25, 0.3) is 0 Å². The normalized spacial score (nSPS) is 11.5. The minimum Gasteiger partial charge on any atom is -0.462 e. The highest BCUT2D eigenvalue weighted by atomic mass is 35.5. The Morgan fingerprint density at radius 2 is 1.97 bits per heavy atom. The number of aromatic nitrogens is 1. The van der Waals surface area contributed by atoms with Crippen molar-refractivity contribution >= 4 is 55.7 Å². The Balaban J connectivity index is 1.69. The smallest absolute Gasteiger partial charge is 0.320 e. The molecule has 3 aromatic rings. The Morgan fingerprint density at radius 1 is 1.19 bits per heavy atom. The summed E-state index contributed by atoms with van der Waals surface area (Å²) in [4.78, 5) is 14.8. The van der Waals surface area contributed by atoms with Crippen molar-refractivity contribution in [2.75, 3.05) is 17.8 Å². The summed E-state index contributed by atoms with van der Waals surface area (Å²) in [5.41, 5.74) is 0.729. The Labute approximate surface area is 222 Å². The highest BCUT2D eigenvalue weighted by molar-refractivity contribution is 7.93. The van der Waals surface area contributed by atoms with Gasteiger partial charge in [0.2, 0.25) is 0 Å². The van der Waals surface area contributed by atoms with E-state index >= 15 is 0 Å². The standard InChI is InChI=1S/C23H24Cl2FN3O5S2/c1-14(2)33-22(30)13-27-7-3-4-15-10-16(24)5-6-19(15)34-20-12-18(26)21(11-17(20)25)36(31,32)29-23-28-8-9-35-23/h5-6,8-12,14,27H,3-4,7,13H2,1-2H3,(H,28,29). The minimum atomic E-state index is -4.24. The van der Waals surface area contributed by atoms with Gasteiger partial charge in [-0.2, -0.15) is 0 Å². The van der Waals surface area contributed by atoms with Gasteiger partial charge in [0, 0.05) is 22.7 Å². The van der Waals surface area contributed by atoms with E-state index in [0.29, 0.717) is 30.2 Å². The van der Waals surface area contributed by atoms with E-state index in [-0.39, 0.29) is 34.5 Å². The van der Waals surface area contributed by atoms with Crippen LogP contribution in [0, 0.1) is 5.82 Å². The number of carbonyl (C=O) groups excluding carboxylic acids is 1. The van der Waals surface area contributed by atoms with Crippen molar-refractivity contribution in [3.8, 4) is 11.5 Å². The number of anilines is 1. The fourth-order valence-electron chi connectivity index (χ4n) is 3.10. The monoisotopic (exact) mass is 575 g/mol. The van der Waals surface area contributed by atoms with Gasteiger partial charge in [-0.05, 0) is 63.1 Å². The molecular formula is C23H24Cl2FN3O5S2. The predicted molar refractivity (Wildman–Crippen MR) is 138 cm³/mol. The SMILES string of the molecule is CC(C)OC(=O)CNCCCc1cc(Cl)ccc1Oc1cc(F)c(S(=O)(=O)Nc2nccs2)cc1Cl. The van der Waals surface area contributed by atoms with Gasteiger partial charge < -0.3 is 14.8 Å². The first kappa shape index (κ1) is 28.1. The maximum atomic E-state index is 14.8. The molecule has 0 saturated heterocycles. The number of hydrogen-bond acceptors (Lipinski definition) is 8. The van der Waals surface area contributed by atoms with Crippen molar-refractivity contribution in [1.82, 2.24) is 10.3 Å². The van der Waals surface area contributed by atoms with Crippen LogP contribution in [0.5, 0.6) is 11.5 Å². The molecule has 3 rings (SSSR count). The van der Waals surface area contributed by atoms with Gasteiger partial charge in [0.1, 0.15) is 22.2 Å². The highest BCUT2D eigenvalue weighted by Gasteiger charge is 2.23. The molecule has 1 aromatic heterocycles. The third-order valence-electron chi connectivity index (χ3n) is 4.61. The first-order valence-electron chi connectivity index (χ1n) is 10.8. The summed E-state index contributed by atoms with van der Waals surface area (Å²) in [7, 11) is -4.24. The van der Waals surface area contributed by atoms with Crippen LogP contribution in [0.3, 0.4) is 0 Å². The Bertz CT molecular complexity index is 1310. The average molecular weight is 576 g/mol. The molecule has 194 valence electrons. The second kappa shape index (κ2) is 12.7. The van der Waals surface area contributed by atoms with Crippen LogP contribution in [0.1, 0.15) is 25.8 Å². The van der Waals surface area contributed by atoms with Gasteiger partial charge in [0.15, 0.2) is 5.13 Å². The molecule has 0 radical (unpaired) electrons. The van der Waals surface area contributed by atoms with Crippen LogP contribution in [0.4, 0.5) is 9.52 Å². The second-order valence-electron chi connectivity index (χ2n) is 7.83. The number of esters is 1. The molecule has 1 heterocycles. The second-order valence-corrected chi connectivity index (χ2v) is 11.2. The summed E-state index contributed by atoms with van der Waals surface area (Å²) < 4.78 is 53.1. The van der Waals surface area contributed by atoms with Crippen LogP contribution in [-0.2, 0) is 26.0 Å². The van der Waals surface area contributed by atoms with Crippen LogP contribution >= 0.6 is 34.5 Å². The molecule has 8 nitrogen and oxygen atoms in total. The number of thiazole rings is 1. The molecule has 0 aliphatic rings. The largest absolute Gasteiger partial charge is 0.462 e. The molecule has 2 aromatic carbocycles. The van der Waals surface area contributed by atoms with Crippen molar-refractivity contribution in [2.24, 2.45) is 0 Å². The lowest BCUT2D eigenvalue weighted by Crippen LogP contribution is -2.27. The van der Waals surface area contributed by atoms with E-state index in [1.807, 2.05) is 0 Å². The van der Waals surface area contributed by atoms with E-state index in [2.05, 4.69) is 15.0 Å². The molecule has 0 unspecified atom stereocenters. The van der Waals surface area contributed by atoms with Gasteiger partial charge in [-0.25, -0.2) is 17.8 Å². The lowest BCUT2D eigenvalue weighted by atomic mass is 10.1. The van der Waals surface area contributed by atoms with Crippen molar-refractivity contribution in [2.45, 2.75) is 37.7 Å². The predicted octanol–water partition coefficient (Wildman–Crippen LogP) is 5.66. The molecule has 36 heavy (non-hydrogen) atoms. The third kappa shape index (κ3) is 8.04. The Hall–Kier alpha value is -2.44. The number of nitrogens with one attached hydrogen (secondary N) is 2. The first-order valence-corrected chi connectivity index (χ1v) is 13.9. The van der Waals surface area contributed by atoms with Gasteiger partial charge in [-0.15, -0.1) is 11.3 Å². The molecule has 0 fully saturated rings. The minimum absolute atomic E-state index is 0.0551. The topological polar surface area (TPSA) is 107 Å². The number of ether oxygens (including phenoxy) is 2. The Morgan fingerprint density at radius 3 is 2.67 bits per heavy atom. The lowest BCUT2D eigenvalue weighted by Gasteiger charge is -2.15. The summed E-state index contributed by atoms with van der Waals surface area (Å²) >= 11 is 13.5. The zero-order chi connectivity index (χ0) is 26.3. The summed E-state index contributed by atoms with van der Waals surface area (Å²) in [6, 6.07) is 6.84. The highest BCUT2D eigenvalue weighted by Crippen LogP contribution is 2.36. The first-order chi connectivity index (χ1) is 17.0. The van der Waals surface area contributed by atoms with Crippen LogP contribution in [0.2, 0.25) is 10.0 Å². The van der Waals surface area contributed by atoms with Crippen molar-refractivity contribution < 1.29 is 27.1 Å². The van der Waals surface area contributed by atoms with Gasteiger partial charge in [-0.3, -0.25) is 9.52 Å². The van der Waals surface area contributed by atoms with Crippen LogP contribution in [-0.4, -0.2) is 38.6 Å². The van der Waals surface area contributed by atoms with Crippen LogP contribution in [0.15, 0.2) is 46.8 Å². The van der Waals surface area contributed by atoms with E-state index in [1.165, 1.54) is 6.20 Å². The number of halogens is 3. The van der Waals surface area contributed by atoms with E-state index in [9.17, 15) is 17.6 Å². The van der Waals surface area contributed by atoms with E-state index in [0.717, 1.165) is 29.0 Å². The molecule has 2 N–H and O–H groups in total. The fourth-order valence-corrected chi connectivity index (χ4v) is 5.44. The summed E-state index contributed by atoms with van der Waals surface area (Å²) in [6.45, 7) is 4.19. The third-order valence-corrected chi connectivity index (χ3v) is 7.31. The number of sulfonamides is 1. The van der Waals surface area contributed by atoms with Gasteiger partial charge >= 0.3 is 5.97 Å². The molecule has 0 atom stereocenters. The maximum Gasteiger partial charge on any atom is 0.320 e. The van der Waals surface area contributed by atoms with Gasteiger partial charge in [0.25, 0.3) is 10.0 Å². The van der Waals surface area contributed by atoms with Gasteiger partial charge in [0.05, 0.1) is 17.7 Å². The number of hydrogen-bond donors (Lipinski definition) is 2. The van der Waals surface area contributed by atoms with Crippen LogP contribution < -0.4 is 14.8 Å². The van der Waals surface area contributed by atoms with E-state index in [4.69, 9.17) is 32.7 Å². The zero-order valence-corrected chi connectivity index (χ0v) is 22.5. The number of carbonyl (C=O) groups is 1. The van der Waals surface area contributed by atoms with Gasteiger partial charge in [-0.1, -0.05) is 23.2 Å². The maximum absolute atomic E-state index is 14.8. The molecule has 0 bridgehead atoms. The summed E-state index contributed by atoms with van der Waals surface area (Å²) in [5.74, 6) is -1.04. The molecule has 0 spiro atoms. The molecular weight excluding hydrogens is 552 g/mol. The lowest BCUT2D eigenvalue weighted by molar-refractivity contribution is -0.146. The molecule has 0 saturated carbocycles.